The summed E-state index contributed by atoms with van der Waals surface area (Å²) in [5.74, 6) is 0.398. The molecule has 0 aliphatic carbocycles. The van der Waals surface area contributed by atoms with Crippen molar-refractivity contribution in [2.24, 2.45) is 16.2 Å². The van der Waals surface area contributed by atoms with E-state index in [0.717, 1.165) is 21.3 Å². The van der Waals surface area contributed by atoms with E-state index in [4.69, 9.17) is 4.84 Å². The number of nitrogens with zero attached hydrogens (tertiary/aromatic N) is 4. The lowest BCUT2D eigenvalue weighted by molar-refractivity contribution is 0.122. The highest BCUT2D eigenvalue weighted by Gasteiger charge is 2.27. The van der Waals surface area contributed by atoms with Gasteiger partial charge in [0.05, 0.1) is 22.7 Å². The topological polar surface area (TPSA) is 92.9 Å². The first-order valence-corrected chi connectivity index (χ1v) is 12.4. The third-order valence-corrected chi connectivity index (χ3v) is 6.56. The van der Waals surface area contributed by atoms with Crippen LogP contribution in [0.4, 0.5) is 0 Å². The second-order valence-corrected chi connectivity index (χ2v) is 9.38. The lowest BCUT2D eigenvalue weighted by atomic mass is 9.96. The van der Waals surface area contributed by atoms with Gasteiger partial charge in [-0.2, -0.15) is 9.78 Å². The van der Waals surface area contributed by atoms with Gasteiger partial charge in [-0.15, -0.1) is 0 Å². The van der Waals surface area contributed by atoms with Gasteiger partial charge in [-0.25, -0.2) is 10.4 Å². The monoisotopic (exact) mass is 544 g/mol. The number of aromatic nitrogens is 2. The molecule has 1 aliphatic heterocycles. The zero-order chi connectivity index (χ0) is 24.9. The Balaban J connectivity index is 1.44. The maximum Gasteiger partial charge on any atom is 0.282 e. The molecule has 2 atom stereocenters. The second-order valence-electron chi connectivity index (χ2n) is 8.46. The molecule has 182 valence electrons. The largest absolute Gasteiger partial charge is 0.387 e. The zero-order valence-electron chi connectivity index (χ0n) is 19.6. The standard InChI is InChI=1S/C27H25BrN6O2/c1-18(19-7-3-2-4-8-19)33-36-17-25-31-24-10-6-5-9-23(24)27(35)34(25)30-16-21-15-29-32-26(21)20-11-13-22(28)14-12-20/h2-14,16,21,26,29,32H,15,17H2,1H3/b30-16+,33-18+. The molecule has 3 aromatic carbocycles. The Morgan fingerprint density at radius 3 is 2.67 bits per heavy atom. The summed E-state index contributed by atoms with van der Waals surface area (Å²) in [6, 6.07) is 25.1. The number of fused-ring (bicyclic) bond motifs is 1. The molecule has 2 heterocycles. The summed E-state index contributed by atoms with van der Waals surface area (Å²) in [6.07, 6.45) is 1.79. The van der Waals surface area contributed by atoms with E-state index in [0.29, 0.717) is 23.3 Å². The summed E-state index contributed by atoms with van der Waals surface area (Å²) in [4.78, 5) is 23.6. The fourth-order valence-corrected chi connectivity index (χ4v) is 4.37. The van der Waals surface area contributed by atoms with Crippen LogP contribution >= 0.6 is 15.9 Å². The van der Waals surface area contributed by atoms with Crippen LogP contribution in [0, 0.1) is 5.92 Å². The van der Waals surface area contributed by atoms with Gasteiger partial charge in [0.15, 0.2) is 12.4 Å². The number of nitrogens with one attached hydrogen (secondary N) is 2. The van der Waals surface area contributed by atoms with Crippen molar-refractivity contribution in [1.29, 1.82) is 0 Å². The molecule has 36 heavy (non-hydrogen) atoms. The van der Waals surface area contributed by atoms with Gasteiger partial charge in [0, 0.05) is 23.1 Å². The quantitative estimate of drug-likeness (QED) is 0.265. The second kappa shape index (κ2) is 10.9. The van der Waals surface area contributed by atoms with E-state index in [1.165, 1.54) is 4.68 Å². The molecule has 5 rings (SSSR count). The summed E-state index contributed by atoms with van der Waals surface area (Å²) in [6.45, 7) is 2.54. The number of benzene rings is 3. The van der Waals surface area contributed by atoms with Crippen molar-refractivity contribution in [2.45, 2.75) is 19.6 Å². The van der Waals surface area contributed by atoms with Crippen LogP contribution in [-0.2, 0) is 11.4 Å². The molecule has 2 unspecified atom stereocenters. The number of para-hydroxylation sites is 1. The lowest BCUT2D eigenvalue weighted by Crippen LogP contribution is -2.25. The van der Waals surface area contributed by atoms with Crippen LogP contribution in [0.25, 0.3) is 10.9 Å². The molecule has 9 heteroatoms. The van der Waals surface area contributed by atoms with Crippen molar-refractivity contribution in [2.75, 3.05) is 6.54 Å². The summed E-state index contributed by atoms with van der Waals surface area (Å²) >= 11 is 3.48. The third-order valence-electron chi connectivity index (χ3n) is 6.03. The Bertz CT molecular complexity index is 1470. The number of rotatable bonds is 7. The minimum Gasteiger partial charge on any atom is -0.387 e. The maximum absolute atomic E-state index is 13.3. The van der Waals surface area contributed by atoms with Crippen molar-refractivity contribution >= 4 is 38.8 Å². The fourth-order valence-electron chi connectivity index (χ4n) is 4.10. The summed E-state index contributed by atoms with van der Waals surface area (Å²) in [5.41, 5.74) is 9.64. The molecule has 1 aliphatic rings. The molecule has 0 amide bonds. The Kier molecular flexibility index (Phi) is 7.31. The highest BCUT2D eigenvalue weighted by Crippen LogP contribution is 2.25. The number of halogens is 1. The Morgan fingerprint density at radius 1 is 1.11 bits per heavy atom. The molecule has 1 saturated heterocycles. The van der Waals surface area contributed by atoms with E-state index in [1.807, 2.05) is 61.5 Å². The first-order valence-electron chi connectivity index (χ1n) is 11.6. The van der Waals surface area contributed by atoms with E-state index >= 15 is 0 Å². The molecule has 2 N–H and O–H groups in total. The Morgan fingerprint density at radius 2 is 1.86 bits per heavy atom. The van der Waals surface area contributed by atoms with Gasteiger partial charge in [-0.3, -0.25) is 10.2 Å². The molecule has 0 radical (unpaired) electrons. The number of hydrogen-bond acceptors (Lipinski definition) is 7. The predicted molar refractivity (Wildman–Crippen MR) is 145 cm³/mol. The van der Waals surface area contributed by atoms with Crippen LogP contribution in [-0.4, -0.2) is 28.1 Å². The molecule has 0 bridgehead atoms. The predicted octanol–water partition coefficient (Wildman–Crippen LogP) is 4.40. The molecule has 1 fully saturated rings. The summed E-state index contributed by atoms with van der Waals surface area (Å²) in [7, 11) is 0. The van der Waals surface area contributed by atoms with Gasteiger partial charge >= 0.3 is 0 Å². The van der Waals surface area contributed by atoms with E-state index in [1.54, 1.807) is 18.3 Å². The Hall–Kier alpha value is -3.66. The molecular weight excluding hydrogens is 520 g/mol. The smallest absolute Gasteiger partial charge is 0.282 e. The zero-order valence-corrected chi connectivity index (χ0v) is 21.2. The summed E-state index contributed by atoms with van der Waals surface area (Å²) < 4.78 is 2.33. The van der Waals surface area contributed by atoms with E-state index in [-0.39, 0.29) is 24.1 Å². The fraction of sp³-hybridized carbons (Fsp3) is 0.185. The van der Waals surface area contributed by atoms with Gasteiger partial charge in [-0.05, 0) is 42.3 Å². The SMILES string of the molecule is C/C(=N\OCc1nc2ccccc2c(=O)n1/N=C/C1CNNC1c1ccc(Br)cc1)c1ccccc1. The molecular formula is C27H25BrN6O2. The molecule has 1 aromatic heterocycles. The van der Waals surface area contributed by atoms with Crippen molar-refractivity contribution in [3.05, 3.63) is 111 Å². The minimum absolute atomic E-state index is 0.00110. The first kappa shape index (κ1) is 24.1. The van der Waals surface area contributed by atoms with Crippen LogP contribution < -0.4 is 16.4 Å². The highest BCUT2D eigenvalue weighted by molar-refractivity contribution is 9.10. The lowest BCUT2D eigenvalue weighted by Gasteiger charge is -2.15. The van der Waals surface area contributed by atoms with Crippen LogP contribution in [0.2, 0.25) is 0 Å². The van der Waals surface area contributed by atoms with Crippen LogP contribution in [0.5, 0.6) is 0 Å². The van der Waals surface area contributed by atoms with Crippen LogP contribution in [0.3, 0.4) is 0 Å². The van der Waals surface area contributed by atoms with Crippen molar-refractivity contribution in [3.8, 4) is 0 Å². The third kappa shape index (κ3) is 5.28. The minimum atomic E-state index is -0.252. The number of oxime groups is 1. The van der Waals surface area contributed by atoms with E-state index in [2.05, 4.69) is 54.2 Å². The van der Waals surface area contributed by atoms with Crippen LogP contribution in [0.1, 0.15) is 29.9 Å². The number of hydrazine groups is 1. The average Bonchev–Trinajstić information content (AvgIpc) is 3.38. The van der Waals surface area contributed by atoms with Gasteiger partial charge < -0.3 is 4.84 Å². The summed E-state index contributed by atoms with van der Waals surface area (Å²) in [5, 5.41) is 9.30. The Labute approximate surface area is 216 Å². The average molecular weight is 545 g/mol. The van der Waals surface area contributed by atoms with E-state index < -0.39 is 0 Å². The molecule has 0 saturated carbocycles. The van der Waals surface area contributed by atoms with Crippen molar-refractivity contribution in [1.82, 2.24) is 20.5 Å². The first-order chi connectivity index (χ1) is 17.6. The van der Waals surface area contributed by atoms with Crippen molar-refractivity contribution < 1.29 is 4.84 Å². The van der Waals surface area contributed by atoms with Crippen LogP contribution in [0.15, 0.2) is 98.4 Å². The molecule has 0 spiro atoms. The number of hydrogen-bond donors (Lipinski definition) is 2. The van der Waals surface area contributed by atoms with Gasteiger partial charge in [0.25, 0.3) is 5.56 Å². The molecule has 4 aromatic rings. The van der Waals surface area contributed by atoms with E-state index in [9.17, 15) is 4.79 Å². The van der Waals surface area contributed by atoms with Gasteiger partial charge in [0.1, 0.15) is 0 Å². The van der Waals surface area contributed by atoms with Gasteiger partial charge in [0.2, 0.25) is 0 Å². The van der Waals surface area contributed by atoms with Crippen molar-refractivity contribution in [3.63, 3.8) is 0 Å². The maximum atomic E-state index is 13.3. The molecule has 8 nitrogen and oxygen atoms in total. The van der Waals surface area contributed by atoms with Gasteiger partial charge in [-0.1, -0.05) is 75.7 Å². The highest BCUT2D eigenvalue weighted by atomic mass is 79.9. The normalized spacial score (nSPS) is 18.2.